The van der Waals surface area contributed by atoms with E-state index in [1.807, 2.05) is 27.7 Å². The first kappa shape index (κ1) is 28.8. The van der Waals surface area contributed by atoms with Crippen LogP contribution >= 0.6 is 24.2 Å². The van der Waals surface area contributed by atoms with Crippen molar-refractivity contribution in [2.75, 3.05) is 0 Å². The molecule has 0 bridgehead atoms. The molecule has 35 heavy (non-hydrogen) atoms. The molecule has 0 aliphatic heterocycles. The number of aryl methyl sites for hydroxylation is 3. The Balaban J connectivity index is 0.00000432. The molecular formula is C28H36ClN3O2S. The number of rotatable bonds is 8. The van der Waals surface area contributed by atoms with E-state index in [1.54, 1.807) is 0 Å². The highest BCUT2D eigenvalue weighted by Crippen LogP contribution is 2.38. The Labute approximate surface area is 219 Å². The normalized spacial score (nSPS) is 11.0. The van der Waals surface area contributed by atoms with Gasteiger partial charge in [0.25, 0.3) is 0 Å². The lowest BCUT2D eigenvalue weighted by Crippen LogP contribution is -2.13. The predicted octanol–water partition coefficient (Wildman–Crippen LogP) is 6.76. The van der Waals surface area contributed by atoms with Gasteiger partial charge in [0.15, 0.2) is 5.69 Å². The van der Waals surface area contributed by atoms with Crippen LogP contribution in [0, 0.1) is 40.5 Å². The van der Waals surface area contributed by atoms with Crippen molar-refractivity contribution in [3.63, 3.8) is 0 Å². The Hall–Kier alpha value is -2.41. The van der Waals surface area contributed by atoms with E-state index in [9.17, 15) is 9.90 Å². The summed E-state index contributed by atoms with van der Waals surface area (Å²) in [5, 5.41) is 9.81. The van der Waals surface area contributed by atoms with Crippen LogP contribution in [0.2, 0.25) is 0 Å². The third-order valence-electron chi connectivity index (χ3n) is 6.34. The fourth-order valence-electron chi connectivity index (χ4n) is 4.25. The van der Waals surface area contributed by atoms with E-state index in [2.05, 4.69) is 50.0 Å². The molecule has 1 aromatic carbocycles. The van der Waals surface area contributed by atoms with E-state index in [1.165, 1.54) is 17.3 Å². The predicted molar refractivity (Wildman–Crippen MR) is 148 cm³/mol. The van der Waals surface area contributed by atoms with Crippen molar-refractivity contribution in [1.29, 1.82) is 0 Å². The third kappa shape index (κ3) is 6.24. The van der Waals surface area contributed by atoms with Crippen LogP contribution in [0.3, 0.4) is 0 Å². The van der Waals surface area contributed by atoms with Gasteiger partial charge < -0.3 is 10.8 Å². The molecule has 0 amide bonds. The number of nitrogens with zero attached hydrogens (tertiary/aromatic N) is 2. The first-order valence-corrected chi connectivity index (χ1v) is 12.7. The second-order valence-electron chi connectivity index (χ2n) is 9.36. The van der Waals surface area contributed by atoms with E-state index < -0.39 is 5.97 Å². The van der Waals surface area contributed by atoms with Gasteiger partial charge in [0.2, 0.25) is 0 Å². The molecule has 0 atom stereocenters. The van der Waals surface area contributed by atoms with Crippen molar-refractivity contribution in [3.8, 4) is 11.1 Å². The lowest BCUT2D eigenvalue weighted by molar-refractivity contribution is 0.0685. The number of carbonyl (C=O) groups is 1. The monoisotopic (exact) mass is 513 g/mol. The van der Waals surface area contributed by atoms with Gasteiger partial charge >= 0.3 is 5.97 Å². The number of aromatic carboxylic acids is 1. The molecule has 3 aromatic rings. The third-order valence-corrected chi connectivity index (χ3v) is 7.56. The van der Waals surface area contributed by atoms with Crippen molar-refractivity contribution < 1.29 is 9.90 Å². The van der Waals surface area contributed by atoms with Gasteiger partial charge in [-0.2, -0.15) is 0 Å². The Morgan fingerprint density at radius 2 is 1.60 bits per heavy atom. The fraction of sp³-hybridized carbons (Fsp3) is 0.393. The molecule has 0 aliphatic carbocycles. The Morgan fingerprint density at radius 1 is 0.971 bits per heavy atom. The van der Waals surface area contributed by atoms with Crippen LogP contribution in [-0.4, -0.2) is 21.0 Å². The minimum Gasteiger partial charge on any atom is -0.476 e. The van der Waals surface area contributed by atoms with Crippen LogP contribution in [0.15, 0.2) is 29.2 Å². The zero-order chi connectivity index (χ0) is 25.2. The van der Waals surface area contributed by atoms with Gasteiger partial charge in [-0.25, -0.2) is 9.78 Å². The van der Waals surface area contributed by atoms with Crippen LogP contribution < -0.4 is 5.73 Å². The summed E-state index contributed by atoms with van der Waals surface area (Å²) in [6, 6.07) is 8.51. The average Bonchev–Trinajstić information content (AvgIpc) is 2.77. The molecule has 2 aromatic heterocycles. The summed E-state index contributed by atoms with van der Waals surface area (Å²) < 4.78 is 0. The maximum atomic E-state index is 12.0. The SMILES string of the molecule is Cc1ccc(-c2c(CSc3c(C(=O)O)nc(C)c(C)c3C)c(C)nc(CC(C)C)c2CN)cc1.Cl. The van der Waals surface area contributed by atoms with Crippen LogP contribution in [0.1, 0.15) is 69.2 Å². The second-order valence-corrected chi connectivity index (χ2v) is 10.3. The molecule has 3 N–H and O–H groups in total. The quantitative estimate of drug-likeness (QED) is 0.323. The number of halogens is 1. The average molecular weight is 514 g/mol. The summed E-state index contributed by atoms with van der Waals surface area (Å²) in [5.74, 6) is 0.0466. The van der Waals surface area contributed by atoms with Gasteiger partial charge in [0.1, 0.15) is 0 Å². The Kier molecular flexibility index (Phi) is 9.90. The van der Waals surface area contributed by atoms with Crippen LogP contribution in [-0.2, 0) is 18.7 Å². The lowest BCUT2D eigenvalue weighted by atomic mass is 9.90. The van der Waals surface area contributed by atoms with Gasteiger partial charge in [0.05, 0.1) is 0 Å². The molecule has 0 saturated carbocycles. The molecular weight excluding hydrogens is 478 g/mol. The van der Waals surface area contributed by atoms with Gasteiger partial charge in [-0.05, 0) is 80.3 Å². The van der Waals surface area contributed by atoms with Gasteiger partial charge in [-0.15, -0.1) is 24.2 Å². The Bertz CT molecular complexity index is 1220. The number of carboxylic acids is 1. The molecule has 0 unspecified atom stereocenters. The zero-order valence-corrected chi connectivity index (χ0v) is 23.3. The van der Waals surface area contributed by atoms with Crippen LogP contribution in [0.4, 0.5) is 0 Å². The van der Waals surface area contributed by atoms with Crippen molar-refractivity contribution in [2.24, 2.45) is 11.7 Å². The van der Waals surface area contributed by atoms with Crippen molar-refractivity contribution in [2.45, 2.75) is 72.1 Å². The number of nitrogens with two attached hydrogens (primary N) is 1. The minimum atomic E-state index is -1.00. The maximum absolute atomic E-state index is 12.0. The number of pyridine rings is 2. The molecule has 0 saturated heterocycles. The highest BCUT2D eigenvalue weighted by molar-refractivity contribution is 7.98. The molecule has 3 rings (SSSR count). The highest BCUT2D eigenvalue weighted by Gasteiger charge is 2.22. The molecule has 7 heteroatoms. The highest BCUT2D eigenvalue weighted by atomic mass is 35.5. The van der Waals surface area contributed by atoms with Crippen LogP contribution in [0.25, 0.3) is 11.1 Å². The van der Waals surface area contributed by atoms with E-state index in [-0.39, 0.29) is 18.1 Å². The lowest BCUT2D eigenvalue weighted by Gasteiger charge is -2.22. The summed E-state index contributed by atoms with van der Waals surface area (Å²) in [6.45, 7) is 14.7. The fourth-order valence-corrected chi connectivity index (χ4v) is 5.53. The number of thioether (sulfide) groups is 1. The summed E-state index contributed by atoms with van der Waals surface area (Å²) >= 11 is 1.52. The molecule has 188 valence electrons. The number of hydrogen-bond acceptors (Lipinski definition) is 5. The van der Waals surface area contributed by atoms with Crippen molar-refractivity contribution in [1.82, 2.24) is 9.97 Å². The topological polar surface area (TPSA) is 89.1 Å². The van der Waals surface area contributed by atoms with Gasteiger partial charge in [-0.3, -0.25) is 4.98 Å². The van der Waals surface area contributed by atoms with E-state index in [0.717, 1.165) is 56.9 Å². The maximum Gasteiger partial charge on any atom is 0.355 e. The summed E-state index contributed by atoms with van der Waals surface area (Å²) in [6.07, 6.45) is 0.864. The van der Waals surface area contributed by atoms with Gasteiger partial charge in [-0.1, -0.05) is 43.7 Å². The summed E-state index contributed by atoms with van der Waals surface area (Å²) in [4.78, 5) is 22.1. The number of hydrogen-bond donors (Lipinski definition) is 2. The second kappa shape index (κ2) is 12.0. The summed E-state index contributed by atoms with van der Waals surface area (Å²) in [5.41, 5.74) is 16.8. The summed E-state index contributed by atoms with van der Waals surface area (Å²) in [7, 11) is 0. The molecule has 0 aliphatic rings. The zero-order valence-electron chi connectivity index (χ0n) is 21.7. The standard InChI is InChI=1S/C28H35N3O2S.ClH/c1-15(2)12-24-22(13-29)25(21-10-8-16(3)9-11-21)23(20(7)30-24)14-34-27-18(5)17(4)19(6)31-26(27)28(32)33;/h8-11,15H,12-14,29H2,1-7H3,(H,32,33);1H. The largest absolute Gasteiger partial charge is 0.476 e. The molecule has 0 spiro atoms. The van der Waals surface area contributed by atoms with E-state index in [0.29, 0.717) is 23.1 Å². The molecule has 0 fully saturated rings. The number of benzene rings is 1. The van der Waals surface area contributed by atoms with Crippen molar-refractivity contribution in [3.05, 3.63) is 74.9 Å². The minimum absolute atomic E-state index is 0. The van der Waals surface area contributed by atoms with Crippen LogP contribution in [0.5, 0.6) is 0 Å². The number of aromatic nitrogens is 2. The number of carboxylic acid groups (broad SMARTS) is 1. The Morgan fingerprint density at radius 3 is 2.14 bits per heavy atom. The van der Waals surface area contributed by atoms with Gasteiger partial charge in [0, 0.05) is 34.3 Å². The first-order chi connectivity index (χ1) is 16.0. The molecule has 2 heterocycles. The molecule has 5 nitrogen and oxygen atoms in total. The first-order valence-electron chi connectivity index (χ1n) is 11.7. The van der Waals surface area contributed by atoms with Crippen molar-refractivity contribution >= 4 is 30.1 Å². The molecule has 0 radical (unpaired) electrons. The van der Waals surface area contributed by atoms with E-state index in [4.69, 9.17) is 10.7 Å². The smallest absolute Gasteiger partial charge is 0.355 e. The van der Waals surface area contributed by atoms with E-state index >= 15 is 0 Å².